The zero-order valence-corrected chi connectivity index (χ0v) is 27.4. The Labute approximate surface area is 259 Å². The highest BCUT2D eigenvalue weighted by atomic mass is 32.2. The molecule has 0 radical (unpaired) electrons. The summed E-state index contributed by atoms with van der Waals surface area (Å²) in [6.45, 7) is 14.2. The fourth-order valence-electron chi connectivity index (χ4n) is 4.74. The lowest BCUT2D eigenvalue weighted by Gasteiger charge is -2.25. The van der Waals surface area contributed by atoms with Crippen LogP contribution in [0.25, 0.3) is 0 Å². The van der Waals surface area contributed by atoms with Crippen LogP contribution >= 0.6 is 0 Å². The lowest BCUT2D eigenvalue weighted by atomic mass is 9.91. The lowest BCUT2D eigenvalue weighted by Crippen LogP contribution is -2.35. The Morgan fingerprint density at radius 2 is 1.86 bits per heavy atom. The minimum Gasteiger partial charge on any atom is -0.444 e. The molecule has 2 aromatic heterocycles. The third-order valence-electron chi connectivity index (χ3n) is 7.05. The second kappa shape index (κ2) is 13.9. The van der Waals surface area contributed by atoms with Gasteiger partial charge in [0.15, 0.2) is 5.03 Å². The van der Waals surface area contributed by atoms with Crippen molar-refractivity contribution in [3.8, 4) is 0 Å². The molecule has 1 aliphatic rings. The molecule has 2 atom stereocenters. The summed E-state index contributed by atoms with van der Waals surface area (Å²) in [7, 11) is -4.44. The van der Waals surface area contributed by atoms with Crippen molar-refractivity contribution >= 4 is 27.8 Å². The van der Waals surface area contributed by atoms with Crippen molar-refractivity contribution in [3.63, 3.8) is 0 Å². The molecule has 2 aromatic rings. The SMILES string of the molecule is CC/C=C(\N)C(CC[C@H]1CCN(C(=O)OC(C)(C)C)C1)Nc1cccc(S(=O)(=O)NC(=O)c2ccc(C(C)(C)C)nc2F)n1. The van der Waals surface area contributed by atoms with Gasteiger partial charge in [-0.05, 0) is 76.6 Å². The van der Waals surface area contributed by atoms with Crippen molar-refractivity contribution in [1.29, 1.82) is 0 Å². The molecule has 3 heterocycles. The van der Waals surface area contributed by atoms with Crippen LogP contribution in [0, 0.1) is 11.9 Å². The Kier molecular flexibility index (Phi) is 11.0. The fourth-order valence-corrected chi connectivity index (χ4v) is 5.67. The number of nitrogens with one attached hydrogen (secondary N) is 2. The van der Waals surface area contributed by atoms with E-state index in [-0.39, 0.29) is 23.9 Å². The van der Waals surface area contributed by atoms with Gasteiger partial charge in [-0.2, -0.15) is 12.8 Å². The molecule has 3 rings (SSSR count). The first-order valence-corrected chi connectivity index (χ1v) is 16.3. The van der Waals surface area contributed by atoms with Crippen molar-refractivity contribution < 1.29 is 27.1 Å². The number of pyridine rings is 2. The number of ether oxygens (including phenoxy) is 1. The molecule has 1 fully saturated rings. The van der Waals surface area contributed by atoms with Gasteiger partial charge in [-0.1, -0.05) is 39.8 Å². The third kappa shape index (κ3) is 9.63. The summed E-state index contributed by atoms with van der Waals surface area (Å²) < 4.78 is 48.1. The molecular weight excluding hydrogens is 587 g/mol. The van der Waals surface area contributed by atoms with Crippen LogP contribution in [0.3, 0.4) is 0 Å². The number of rotatable bonds is 10. The Balaban J connectivity index is 1.70. The molecule has 1 saturated heterocycles. The molecule has 2 amide bonds. The maximum Gasteiger partial charge on any atom is 0.410 e. The molecule has 0 bridgehead atoms. The average Bonchev–Trinajstić information content (AvgIpc) is 3.39. The van der Waals surface area contributed by atoms with Gasteiger partial charge < -0.3 is 20.7 Å². The lowest BCUT2D eigenvalue weighted by molar-refractivity contribution is 0.0287. The number of nitrogens with two attached hydrogens (primary N) is 1. The number of anilines is 1. The smallest absolute Gasteiger partial charge is 0.410 e. The van der Waals surface area contributed by atoms with E-state index in [1.54, 1.807) is 11.0 Å². The first-order valence-electron chi connectivity index (χ1n) is 14.8. The number of hydrogen-bond acceptors (Lipinski definition) is 9. The molecule has 11 nitrogen and oxygen atoms in total. The van der Waals surface area contributed by atoms with Crippen LogP contribution in [-0.2, 0) is 20.2 Å². The van der Waals surface area contributed by atoms with E-state index in [2.05, 4.69) is 15.3 Å². The quantitative estimate of drug-likeness (QED) is 0.303. The molecule has 242 valence electrons. The second-order valence-corrected chi connectivity index (χ2v) is 14.7. The van der Waals surface area contributed by atoms with Gasteiger partial charge in [0.2, 0.25) is 5.95 Å². The van der Waals surface area contributed by atoms with Gasteiger partial charge >= 0.3 is 6.09 Å². The first-order chi connectivity index (χ1) is 20.4. The highest BCUT2D eigenvalue weighted by molar-refractivity contribution is 7.90. The highest BCUT2D eigenvalue weighted by Crippen LogP contribution is 2.26. The van der Waals surface area contributed by atoms with Gasteiger partial charge in [0, 0.05) is 29.9 Å². The highest BCUT2D eigenvalue weighted by Gasteiger charge is 2.30. The number of hydrogen-bond donors (Lipinski definition) is 3. The molecule has 1 unspecified atom stereocenters. The molecule has 0 aromatic carbocycles. The molecule has 1 aliphatic heterocycles. The van der Waals surface area contributed by atoms with E-state index < -0.39 is 43.5 Å². The third-order valence-corrected chi connectivity index (χ3v) is 8.29. The monoisotopic (exact) mass is 632 g/mol. The normalized spacial score (nSPS) is 16.9. The Hall–Kier alpha value is -3.74. The van der Waals surface area contributed by atoms with Crippen molar-refractivity contribution in [3.05, 3.63) is 59.3 Å². The fraction of sp³-hybridized carbons (Fsp3) is 0.548. The van der Waals surface area contributed by atoms with E-state index in [1.165, 1.54) is 24.3 Å². The van der Waals surface area contributed by atoms with Gasteiger partial charge in [-0.15, -0.1) is 0 Å². The van der Waals surface area contributed by atoms with Crippen molar-refractivity contribution in [2.75, 3.05) is 18.4 Å². The van der Waals surface area contributed by atoms with Crippen LogP contribution in [0.4, 0.5) is 15.0 Å². The largest absolute Gasteiger partial charge is 0.444 e. The zero-order chi connectivity index (χ0) is 32.9. The number of carbonyl (C=O) groups excluding carboxylic acids is 2. The predicted octanol–water partition coefficient (Wildman–Crippen LogP) is 5.10. The Morgan fingerprint density at radius 3 is 2.48 bits per heavy atom. The maximum atomic E-state index is 14.6. The van der Waals surface area contributed by atoms with Crippen LogP contribution in [0.5, 0.6) is 0 Å². The van der Waals surface area contributed by atoms with E-state index in [0.717, 1.165) is 12.8 Å². The van der Waals surface area contributed by atoms with Gasteiger partial charge in [-0.25, -0.2) is 19.5 Å². The van der Waals surface area contributed by atoms with Crippen LogP contribution in [0.15, 0.2) is 47.1 Å². The van der Waals surface area contributed by atoms with Crippen molar-refractivity contribution in [1.82, 2.24) is 19.6 Å². The molecule has 44 heavy (non-hydrogen) atoms. The van der Waals surface area contributed by atoms with Crippen LogP contribution in [0.2, 0.25) is 0 Å². The van der Waals surface area contributed by atoms with Gasteiger partial charge in [0.1, 0.15) is 11.4 Å². The number of likely N-dealkylation sites (tertiary alicyclic amines) is 1. The minimum atomic E-state index is -4.44. The molecule has 0 aliphatic carbocycles. The summed E-state index contributed by atoms with van der Waals surface area (Å²) in [5, 5.41) is 2.80. The first kappa shape index (κ1) is 34.7. The van der Waals surface area contributed by atoms with Crippen LogP contribution < -0.4 is 15.8 Å². The number of aromatic nitrogens is 2. The van der Waals surface area contributed by atoms with Crippen molar-refractivity contribution in [2.45, 2.75) is 96.2 Å². The van der Waals surface area contributed by atoms with Gasteiger partial charge in [-0.3, -0.25) is 4.79 Å². The number of halogens is 1. The number of amides is 2. The Bertz CT molecular complexity index is 1480. The van der Waals surface area contributed by atoms with Crippen LogP contribution in [0.1, 0.15) is 90.2 Å². The number of nitrogens with zero attached hydrogens (tertiary/aromatic N) is 3. The standard InChI is InChI=1S/C31H45FN6O5S/c1-8-10-22(33)23(15-13-20-17-18-38(19-20)29(40)43-31(5,6)7)34-25-11-9-12-26(36-25)44(41,42)37-28(39)21-14-16-24(30(2,3)4)35-27(21)32/h9-12,14,16,20,23H,8,13,15,17-19,33H2,1-7H3,(H,34,36)(H,37,39)/b22-10-/t20-,23?/m0/s1. The summed E-state index contributed by atoms with van der Waals surface area (Å²) in [5.74, 6) is -1.72. The van der Waals surface area contributed by atoms with Crippen LogP contribution in [-0.4, -0.2) is 60.0 Å². The van der Waals surface area contributed by atoms with E-state index in [0.29, 0.717) is 37.3 Å². The Morgan fingerprint density at radius 1 is 1.16 bits per heavy atom. The summed E-state index contributed by atoms with van der Waals surface area (Å²) in [6, 6.07) is 6.67. The second-order valence-electron chi connectivity index (χ2n) is 13.0. The molecule has 4 N–H and O–H groups in total. The number of carbonyl (C=O) groups is 2. The summed E-state index contributed by atoms with van der Waals surface area (Å²) >= 11 is 0. The molecule has 0 spiro atoms. The summed E-state index contributed by atoms with van der Waals surface area (Å²) in [4.78, 5) is 34.9. The molecule has 13 heteroatoms. The molecular formula is C31H45FN6O5S. The minimum absolute atomic E-state index is 0.238. The topological polar surface area (TPSA) is 157 Å². The number of allylic oxidation sites excluding steroid dienone is 1. The summed E-state index contributed by atoms with van der Waals surface area (Å²) in [6.07, 6.45) is 4.47. The van der Waals surface area contributed by atoms with E-state index in [9.17, 15) is 22.4 Å². The predicted molar refractivity (Wildman–Crippen MR) is 167 cm³/mol. The zero-order valence-electron chi connectivity index (χ0n) is 26.6. The number of sulfonamides is 1. The van der Waals surface area contributed by atoms with Gasteiger partial charge in [0.25, 0.3) is 15.9 Å². The average molecular weight is 633 g/mol. The summed E-state index contributed by atoms with van der Waals surface area (Å²) in [5.41, 5.74) is 5.88. The maximum absolute atomic E-state index is 14.6. The van der Waals surface area contributed by atoms with E-state index in [4.69, 9.17) is 10.5 Å². The molecule has 0 saturated carbocycles. The van der Waals surface area contributed by atoms with E-state index >= 15 is 0 Å². The van der Waals surface area contributed by atoms with Gasteiger partial charge in [0.05, 0.1) is 11.6 Å². The van der Waals surface area contributed by atoms with Crippen molar-refractivity contribution in [2.24, 2.45) is 11.7 Å². The van der Waals surface area contributed by atoms with E-state index in [1.807, 2.05) is 59.3 Å².